The number of anilines is 2. The molecule has 1 aliphatic heterocycles. The zero-order chi connectivity index (χ0) is 27.1. The summed E-state index contributed by atoms with van der Waals surface area (Å²) in [6.45, 7) is 3.64. The lowest BCUT2D eigenvalue weighted by molar-refractivity contribution is -0.126. The standard InChI is InChI=1S/C27H31FN4O5S/c1-16(33)9-17-5-6-20(22(28)10-17)23-11-21(26(29)35)27(38-23)32-24-4-2-3-19(31-24)14-37-15-25(34)30-12-18-7-8-36-13-18/h2-6,10-11,16,18,33H,7-9,12-15H2,1H3,(H2,29,35)(H,30,34)(H,31,32). The van der Waals surface area contributed by atoms with E-state index in [0.717, 1.165) is 13.0 Å². The van der Waals surface area contributed by atoms with Crippen LogP contribution >= 0.6 is 11.3 Å². The summed E-state index contributed by atoms with van der Waals surface area (Å²) in [5.74, 6) is -0.520. The van der Waals surface area contributed by atoms with E-state index in [4.69, 9.17) is 15.2 Å². The number of halogens is 1. The minimum Gasteiger partial charge on any atom is -0.393 e. The summed E-state index contributed by atoms with van der Waals surface area (Å²) in [6.07, 6.45) is 0.703. The summed E-state index contributed by atoms with van der Waals surface area (Å²) < 4.78 is 25.6. The molecule has 0 aliphatic carbocycles. The molecule has 2 unspecified atom stereocenters. The van der Waals surface area contributed by atoms with Crippen LogP contribution in [-0.2, 0) is 27.3 Å². The predicted octanol–water partition coefficient (Wildman–Crippen LogP) is 3.38. The Morgan fingerprint density at radius 2 is 2.16 bits per heavy atom. The van der Waals surface area contributed by atoms with Gasteiger partial charge < -0.3 is 30.9 Å². The van der Waals surface area contributed by atoms with Gasteiger partial charge in [0.25, 0.3) is 5.91 Å². The van der Waals surface area contributed by atoms with Crippen LogP contribution in [0.5, 0.6) is 0 Å². The maximum Gasteiger partial charge on any atom is 0.251 e. The van der Waals surface area contributed by atoms with Crippen molar-refractivity contribution in [2.45, 2.75) is 32.5 Å². The van der Waals surface area contributed by atoms with Gasteiger partial charge in [0.1, 0.15) is 23.2 Å². The number of nitrogens with two attached hydrogens (primary N) is 1. The number of rotatable bonds is 12. The van der Waals surface area contributed by atoms with Crippen molar-refractivity contribution < 1.29 is 28.6 Å². The molecule has 38 heavy (non-hydrogen) atoms. The second-order valence-electron chi connectivity index (χ2n) is 9.25. The number of nitrogens with one attached hydrogen (secondary N) is 2. The van der Waals surface area contributed by atoms with Crippen molar-refractivity contribution in [3.63, 3.8) is 0 Å². The van der Waals surface area contributed by atoms with Crippen molar-refractivity contribution in [3.05, 3.63) is 65.1 Å². The smallest absolute Gasteiger partial charge is 0.251 e. The first-order valence-corrected chi connectivity index (χ1v) is 13.2. The van der Waals surface area contributed by atoms with Gasteiger partial charge in [0.2, 0.25) is 5.91 Å². The fourth-order valence-corrected chi connectivity index (χ4v) is 5.17. The fourth-order valence-electron chi connectivity index (χ4n) is 4.07. The van der Waals surface area contributed by atoms with Crippen LogP contribution in [0.1, 0.15) is 35.0 Å². The van der Waals surface area contributed by atoms with Gasteiger partial charge in [-0.15, -0.1) is 11.3 Å². The number of ether oxygens (including phenoxy) is 2. The lowest BCUT2D eigenvalue weighted by atomic mass is 10.0. The number of benzene rings is 1. The van der Waals surface area contributed by atoms with Crippen molar-refractivity contribution in [1.82, 2.24) is 10.3 Å². The van der Waals surface area contributed by atoms with Crippen LogP contribution in [0.3, 0.4) is 0 Å². The number of thiophene rings is 1. The number of nitrogens with zero attached hydrogens (tertiary/aromatic N) is 1. The largest absolute Gasteiger partial charge is 0.393 e. The lowest BCUT2D eigenvalue weighted by Crippen LogP contribution is -2.32. The molecule has 1 saturated heterocycles. The van der Waals surface area contributed by atoms with E-state index in [1.165, 1.54) is 17.4 Å². The average Bonchev–Trinajstić information content (AvgIpc) is 3.53. The molecule has 1 aromatic carbocycles. The van der Waals surface area contributed by atoms with Crippen molar-refractivity contribution in [1.29, 1.82) is 0 Å². The topological polar surface area (TPSA) is 136 Å². The molecule has 2 aromatic heterocycles. The van der Waals surface area contributed by atoms with Gasteiger partial charge in [0.05, 0.1) is 30.6 Å². The van der Waals surface area contributed by atoms with Crippen LogP contribution in [0.2, 0.25) is 0 Å². The van der Waals surface area contributed by atoms with Gasteiger partial charge in [-0.3, -0.25) is 9.59 Å². The lowest BCUT2D eigenvalue weighted by Gasteiger charge is -2.10. The summed E-state index contributed by atoms with van der Waals surface area (Å²) in [6, 6.07) is 11.6. The highest BCUT2D eigenvalue weighted by molar-refractivity contribution is 7.19. The third-order valence-electron chi connectivity index (χ3n) is 5.97. The number of aliphatic hydroxyl groups excluding tert-OH is 1. The number of aromatic nitrogens is 1. The number of carbonyl (C=O) groups is 2. The molecular formula is C27H31FN4O5S. The third-order valence-corrected chi connectivity index (χ3v) is 7.05. The molecule has 2 atom stereocenters. The van der Waals surface area contributed by atoms with Gasteiger partial charge >= 0.3 is 0 Å². The second kappa shape index (κ2) is 12.9. The van der Waals surface area contributed by atoms with E-state index >= 15 is 0 Å². The van der Waals surface area contributed by atoms with Gasteiger partial charge in [-0.2, -0.15) is 0 Å². The molecule has 4 rings (SSSR count). The molecule has 0 saturated carbocycles. The Balaban J connectivity index is 1.39. The summed E-state index contributed by atoms with van der Waals surface area (Å²) in [7, 11) is 0. The van der Waals surface area contributed by atoms with Crippen molar-refractivity contribution in [3.8, 4) is 10.4 Å². The number of hydrogen-bond acceptors (Lipinski definition) is 8. The Morgan fingerprint density at radius 3 is 2.87 bits per heavy atom. The number of primary amides is 1. The van der Waals surface area contributed by atoms with Crippen molar-refractivity contribution >= 4 is 34.0 Å². The Hall–Kier alpha value is -3.38. The maximum atomic E-state index is 14.8. The molecule has 1 fully saturated rings. The molecule has 202 valence electrons. The fraction of sp³-hybridized carbons (Fsp3) is 0.370. The van der Waals surface area contributed by atoms with Gasteiger partial charge in [-0.1, -0.05) is 18.2 Å². The van der Waals surface area contributed by atoms with Crippen LogP contribution in [0.4, 0.5) is 15.2 Å². The van der Waals surface area contributed by atoms with Crippen LogP contribution in [0.25, 0.3) is 10.4 Å². The zero-order valence-corrected chi connectivity index (χ0v) is 21.9. The normalized spacial score (nSPS) is 15.8. The Bertz CT molecular complexity index is 1280. The Morgan fingerprint density at radius 1 is 1.32 bits per heavy atom. The Kier molecular flexibility index (Phi) is 9.40. The highest BCUT2D eigenvalue weighted by Gasteiger charge is 2.19. The number of amides is 2. The van der Waals surface area contributed by atoms with Crippen LogP contribution in [-0.4, -0.2) is 54.4 Å². The van der Waals surface area contributed by atoms with Crippen LogP contribution in [0, 0.1) is 11.7 Å². The van der Waals surface area contributed by atoms with Gasteiger partial charge in [0.15, 0.2) is 0 Å². The highest BCUT2D eigenvalue weighted by Crippen LogP contribution is 2.38. The summed E-state index contributed by atoms with van der Waals surface area (Å²) in [4.78, 5) is 29.1. The van der Waals surface area contributed by atoms with Gasteiger partial charge in [-0.25, -0.2) is 9.37 Å². The maximum absolute atomic E-state index is 14.8. The number of hydrogen-bond donors (Lipinski definition) is 4. The summed E-state index contributed by atoms with van der Waals surface area (Å²) in [5, 5.41) is 15.9. The molecular weight excluding hydrogens is 511 g/mol. The molecule has 0 bridgehead atoms. The first kappa shape index (κ1) is 27.6. The van der Waals surface area contributed by atoms with E-state index in [1.807, 2.05) is 0 Å². The van der Waals surface area contributed by atoms with E-state index in [2.05, 4.69) is 15.6 Å². The summed E-state index contributed by atoms with van der Waals surface area (Å²) in [5.41, 5.74) is 7.39. The van der Waals surface area contributed by atoms with E-state index < -0.39 is 17.8 Å². The number of aliphatic hydroxyl groups is 1. The molecule has 11 heteroatoms. The van der Waals surface area contributed by atoms with Gasteiger partial charge in [0, 0.05) is 29.5 Å². The zero-order valence-electron chi connectivity index (χ0n) is 21.0. The molecule has 0 radical (unpaired) electrons. The highest BCUT2D eigenvalue weighted by atomic mass is 32.1. The third kappa shape index (κ3) is 7.57. The summed E-state index contributed by atoms with van der Waals surface area (Å²) >= 11 is 1.18. The quantitative estimate of drug-likeness (QED) is 0.275. The van der Waals surface area contributed by atoms with E-state index in [-0.39, 0.29) is 24.7 Å². The molecule has 3 aromatic rings. The van der Waals surface area contributed by atoms with Crippen LogP contribution < -0.4 is 16.4 Å². The SMILES string of the molecule is CC(O)Cc1ccc(-c2cc(C(N)=O)c(Nc3cccc(COCC(=O)NCC4CCOC4)n3)s2)c(F)c1. The van der Waals surface area contributed by atoms with Crippen molar-refractivity contribution in [2.75, 3.05) is 31.7 Å². The second-order valence-corrected chi connectivity index (χ2v) is 10.3. The minimum atomic E-state index is -0.657. The Labute approximate surface area is 224 Å². The predicted molar refractivity (Wildman–Crippen MR) is 143 cm³/mol. The molecule has 9 nitrogen and oxygen atoms in total. The molecule has 0 spiro atoms. The average molecular weight is 543 g/mol. The van der Waals surface area contributed by atoms with Crippen LogP contribution in [0.15, 0.2) is 42.5 Å². The molecule has 3 heterocycles. The minimum absolute atomic E-state index is 0.0887. The van der Waals surface area contributed by atoms with E-state index in [1.54, 1.807) is 43.3 Å². The number of pyridine rings is 1. The van der Waals surface area contributed by atoms with E-state index in [9.17, 15) is 19.1 Å². The van der Waals surface area contributed by atoms with Gasteiger partial charge in [-0.05, 0) is 49.6 Å². The first-order valence-electron chi connectivity index (χ1n) is 12.3. The molecule has 1 aliphatic rings. The molecule has 2 amide bonds. The number of carbonyl (C=O) groups excluding carboxylic acids is 2. The molecule has 5 N–H and O–H groups in total. The van der Waals surface area contributed by atoms with Crippen molar-refractivity contribution in [2.24, 2.45) is 11.7 Å². The van der Waals surface area contributed by atoms with E-state index in [0.29, 0.717) is 58.0 Å². The first-order chi connectivity index (χ1) is 18.3. The monoisotopic (exact) mass is 542 g/mol.